The highest BCUT2D eigenvalue weighted by Gasteiger charge is 2.34. The fraction of sp³-hybridized carbons (Fsp3) is 0.625. The molecule has 0 saturated carbocycles. The third-order valence-electron chi connectivity index (χ3n) is 2.44. The van der Waals surface area contributed by atoms with Gasteiger partial charge in [-0.2, -0.15) is 4.98 Å². The molecular formula is C8H11N3O4S. The van der Waals surface area contributed by atoms with Crippen molar-refractivity contribution in [1.82, 2.24) is 14.5 Å². The van der Waals surface area contributed by atoms with Crippen LogP contribution in [0.4, 0.5) is 0 Å². The van der Waals surface area contributed by atoms with Gasteiger partial charge in [-0.05, 0) is 0 Å². The van der Waals surface area contributed by atoms with E-state index in [0.29, 0.717) is 6.42 Å². The van der Waals surface area contributed by atoms with E-state index in [0.717, 1.165) is 6.33 Å². The van der Waals surface area contributed by atoms with Gasteiger partial charge in [0.15, 0.2) is 0 Å². The quantitative estimate of drug-likeness (QED) is 0.572. The summed E-state index contributed by atoms with van der Waals surface area (Å²) in [6, 6.07) is 0. The second-order valence-corrected chi connectivity index (χ2v) is 4.92. The van der Waals surface area contributed by atoms with Gasteiger partial charge >= 0.3 is 11.4 Å². The molecular weight excluding hydrogens is 234 g/mol. The number of hydrogen-bond acceptors (Lipinski definition) is 6. The number of aromatic amines is 1. The molecule has 1 aromatic heterocycles. The largest absolute Gasteiger partial charge is 0.395 e. The minimum atomic E-state index is -0.691. The van der Waals surface area contributed by atoms with Gasteiger partial charge in [-0.1, -0.05) is 0 Å². The number of nitrogens with zero attached hydrogens (tertiary/aromatic N) is 2. The monoisotopic (exact) mass is 245 g/mol. The van der Waals surface area contributed by atoms with Crippen molar-refractivity contribution in [2.24, 2.45) is 0 Å². The van der Waals surface area contributed by atoms with Gasteiger partial charge in [-0.3, -0.25) is 9.55 Å². The maximum absolute atomic E-state index is 11.4. The van der Waals surface area contributed by atoms with E-state index < -0.39 is 17.5 Å². The Kier molecular flexibility index (Phi) is 3.13. The Morgan fingerprint density at radius 1 is 1.62 bits per heavy atom. The van der Waals surface area contributed by atoms with Gasteiger partial charge in [0.1, 0.15) is 6.33 Å². The summed E-state index contributed by atoms with van der Waals surface area (Å²) in [5, 5.41) is 17.9. The molecule has 0 aromatic carbocycles. The summed E-state index contributed by atoms with van der Waals surface area (Å²) in [5.74, 6) is 0. The fourth-order valence-corrected chi connectivity index (χ4v) is 2.98. The standard InChI is InChI=1S/C8H11N3O4S/c12-2-5-4(13)1-6(16-5)11-3-9-7(14)10-8(11)15/h3-6,12-13H,1-2H2,(H,10,14,15)/t4-,5+,6+/m0/s1. The maximum Gasteiger partial charge on any atom is 0.350 e. The first-order valence-electron chi connectivity index (χ1n) is 4.73. The molecule has 1 aliphatic heterocycles. The number of nitrogens with one attached hydrogen (secondary N) is 1. The summed E-state index contributed by atoms with van der Waals surface area (Å²) < 4.78 is 1.25. The zero-order valence-corrected chi connectivity index (χ0v) is 9.05. The Morgan fingerprint density at radius 3 is 2.94 bits per heavy atom. The second-order valence-electron chi connectivity index (χ2n) is 3.50. The Hall–Kier alpha value is -1.12. The van der Waals surface area contributed by atoms with E-state index in [2.05, 4.69) is 4.98 Å². The fourth-order valence-electron chi connectivity index (χ4n) is 1.61. The van der Waals surface area contributed by atoms with Gasteiger partial charge in [0.05, 0.1) is 23.3 Å². The first-order valence-corrected chi connectivity index (χ1v) is 5.68. The lowest BCUT2D eigenvalue weighted by atomic mass is 10.2. The molecule has 0 bridgehead atoms. The van der Waals surface area contributed by atoms with Crippen LogP contribution in [0.25, 0.3) is 0 Å². The van der Waals surface area contributed by atoms with Crippen LogP contribution in [0.5, 0.6) is 0 Å². The molecule has 2 rings (SSSR count). The van der Waals surface area contributed by atoms with Crippen molar-refractivity contribution in [3.8, 4) is 0 Å². The van der Waals surface area contributed by atoms with Gasteiger partial charge in [0.25, 0.3) is 0 Å². The van der Waals surface area contributed by atoms with Crippen molar-refractivity contribution in [2.75, 3.05) is 6.61 Å². The van der Waals surface area contributed by atoms with Crippen LogP contribution in [-0.4, -0.2) is 42.7 Å². The lowest BCUT2D eigenvalue weighted by Crippen LogP contribution is -2.32. The Labute approximate surface area is 94.2 Å². The van der Waals surface area contributed by atoms with Gasteiger partial charge in [-0.15, -0.1) is 11.8 Å². The highest BCUT2D eigenvalue weighted by molar-refractivity contribution is 8.00. The zero-order valence-electron chi connectivity index (χ0n) is 8.24. The third-order valence-corrected chi connectivity index (χ3v) is 3.99. The van der Waals surface area contributed by atoms with E-state index in [1.54, 1.807) is 0 Å². The van der Waals surface area contributed by atoms with Crippen molar-refractivity contribution in [3.05, 3.63) is 27.3 Å². The summed E-state index contributed by atoms with van der Waals surface area (Å²) in [6.07, 6.45) is 0.855. The normalized spacial score (nSPS) is 29.5. The molecule has 0 radical (unpaired) electrons. The van der Waals surface area contributed by atoms with Crippen LogP contribution in [0.1, 0.15) is 11.8 Å². The van der Waals surface area contributed by atoms with Crippen LogP contribution in [0.2, 0.25) is 0 Å². The van der Waals surface area contributed by atoms with E-state index in [9.17, 15) is 14.7 Å². The van der Waals surface area contributed by atoms with Crippen molar-refractivity contribution >= 4 is 11.8 Å². The number of rotatable bonds is 2. The molecule has 1 aliphatic rings. The lowest BCUT2D eigenvalue weighted by molar-refractivity contribution is 0.137. The van der Waals surface area contributed by atoms with E-state index in [-0.39, 0.29) is 17.2 Å². The number of aliphatic hydroxyl groups excluding tert-OH is 2. The molecule has 0 spiro atoms. The zero-order chi connectivity index (χ0) is 11.7. The molecule has 8 heteroatoms. The smallest absolute Gasteiger partial charge is 0.350 e. The molecule has 0 aliphatic carbocycles. The van der Waals surface area contributed by atoms with Crippen molar-refractivity contribution in [1.29, 1.82) is 0 Å². The molecule has 0 amide bonds. The molecule has 2 heterocycles. The van der Waals surface area contributed by atoms with Crippen LogP contribution in [-0.2, 0) is 0 Å². The molecule has 88 valence electrons. The number of thioether (sulfide) groups is 1. The summed E-state index contributed by atoms with van der Waals surface area (Å²) in [7, 11) is 0. The number of H-pyrrole nitrogens is 1. The van der Waals surface area contributed by atoms with Crippen LogP contribution >= 0.6 is 11.8 Å². The molecule has 1 saturated heterocycles. The molecule has 1 fully saturated rings. The van der Waals surface area contributed by atoms with Crippen LogP contribution in [0.3, 0.4) is 0 Å². The number of hydrogen-bond donors (Lipinski definition) is 3. The van der Waals surface area contributed by atoms with E-state index in [1.807, 2.05) is 4.98 Å². The van der Waals surface area contributed by atoms with Crippen LogP contribution in [0, 0.1) is 0 Å². The third kappa shape index (κ3) is 2.04. The first kappa shape index (κ1) is 11.4. The average molecular weight is 245 g/mol. The van der Waals surface area contributed by atoms with E-state index >= 15 is 0 Å². The maximum atomic E-state index is 11.4. The Balaban J connectivity index is 2.27. The summed E-state index contributed by atoms with van der Waals surface area (Å²) in [6.45, 7) is -0.145. The molecule has 3 N–H and O–H groups in total. The Morgan fingerprint density at radius 2 is 2.38 bits per heavy atom. The molecule has 16 heavy (non-hydrogen) atoms. The van der Waals surface area contributed by atoms with Crippen LogP contribution < -0.4 is 11.4 Å². The van der Waals surface area contributed by atoms with Gasteiger partial charge in [0.2, 0.25) is 0 Å². The van der Waals surface area contributed by atoms with Gasteiger partial charge in [0, 0.05) is 6.42 Å². The highest BCUT2D eigenvalue weighted by Crippen LogP contribution is 2.40. The van der Waals surface area contributed by atoms with Crippen LogP contribution in [0.15, 0.2) is 15.9 Å². The minimum absolute atomic E-state index is 0.145. The van der Waals surface area contributed by atoms with Crippen molar-refractivity contribution in [2.45, 2.75) is 23.1 Å². The highest BCUT2D eigenvalue weighted by atomic mass is 32.2. The minimum Gasteiger partial charge on any atom is -0.395 e. The molecule has 7 nitrogen and oxygen atoms in total. The topological polar surface area (TPSA) is 108 Å². The molecule has 0 unspecified atom stereocenters. The van der Waals surface area contributed by atoms with E-state index in [4.69, 9.17) is 5.11 Å². The summed E-state index contributed by atoms with van der Waals surface area (Å²) in [4.78, 5) is 27.7. The van der Waals surface area contributed by atoms with Crippen molar-refractivity contribution in [3.63, 3.8) is 0 Å². The average Bonchev–Trinajstić information content (AvgIpc) is 2.59. The van der Waals surface area contributed by atoms with Crippen molar-refractivity contribution < 1.29 is 10.2 Å². The summed E-state index contributed by atoms with van der Waals surface area (Å²) >= 11 is 1.29. The molecule has 3 atom stereocenters. The Bertz CT molecular complexity index is 485. The first-order chi connectivity index (χ1) is 7.61. The van der Waals surface area contributed by atoms with E-state index in [1.165, 1.54) is 16.3 Å². The number of aliphatic hydroxyl groups is 2. The molecule has 1 aromatic rings. The summed E-state index contributed by atoms with van der Waals surface area (Å²) in [5.41, 5.74) is -1.24. The SMILES string of the molecule is O=c1ncn([C@H]2C[C@H](O)[C@@H](CO)S2)c(=O)[nH]1. The lowest BCUT2D eigenvalue weighted by Gasteiger charge is -2.11. The number of aromatic nitrogens is 3. The second kappa shape index (κ2) is 4.40. The predicted molar refractivity (Wildman–Crippen MR) is 57.2 cm³/mol. The predicted octanol–water partition coefficient (Wildman–Crippen LogP) is -1.71. The van der Waals surface area contributed by atoms with Gasteiger partial charge in [-0.25, -0.2) is 9.59 Å². The van der Waals surface area contributed by atoms with Gasteiger partial charge < -0.3 is 10.2 Å².